The van der Waals surface area contributed by atoms with E-state index in [1.165, 1.54) is 6.20 Å². The van der Waals surface area contributed by atoms with Crippen LogP contribution in [-0.4, -0.2) is 16.8 Å². The third kappa shape index (κ3) is 3.98. The number of aromatic nitrogens is 1. The fraction of sp³-hybridized carbons (Fsp3) is 0.316. The van der Waals surface area contributed by atoms with E-state index in [0.717, 1.165) is 16.8 Å². The molecule has 0 saturated carbocycles. The molecule has 2 N–H and O–H groups in total. The first-order valence-corrected chi connectivity index (χ1v) is 7.83. The summed E-state index contributed by atoms with van der Waals surface area (Å²) in [5.41, 5.74) is 2.97. The van der Waals surface area contributed by atoms with Crippen molar-refractivity contribution in [3.63, 3.8) is 0 Å². The molecule has 126 valence electrons. The molecule has 0 aliphatic rings. The van der Waals surface area contributed by atoms with E-state index in [2.05, 4.69) is 15.6 Å². The minimum atomic E-state index is -0.552. The van der Waals surface area contributed by atoms with Crippen LogP contribution >= 0.6 is 0 Å². The lowest BCUT2D eigenvalue weighted by Gasteiger charge is -2.19. The maximum Gasteiger partial charge on any atom is 0.259 e. The lowest BCUT2D eigenvalue weighted by molar-refractivity contribution is -0.123. The highest BCUT2D eigenvalue weighted by Crippen LogP contribution is 2.23. The normalized spacial score (nSPS) is 11.0. The zero-order valence-corrected chi connectivity index (χ0v) is 14.7. The van der Waals surface area contributed by atoms with Gasteiger partial charge in [0.1, 0.15) is 0 Å². The van der Waals surface area contributed by atoms with E-state index >= 15 is 0 Å². The molecule has 0 saturated heterocycles. The van der Waals surface area contributed by atoms with E-state index in [-0.39, 0.29) is 11.8 Å². The topological polar surface area (TPSA) is 71.1 Å². The van der Waals surface area contributed by atoms with Gasteiger partial charge in [0.05, 0.1) is 11.3 Å². The zero-order chi connectivity index (χ0) is 17.9. The van der Waals surface area contributed by atoms with Crippen molar-refractivity contribution in [2.24, 2.45) is 5.41 Å². The second kappa shape index (κ2) is 6.83. The number of hydrogen-bond donors (Lipinski definition) is 2. The SMILES string of the molecule is Cc1cccc(C)c1NC(=O)c1cnccc1NC(=O)C(C)(C)C. The first-order valence-electron chi connectivity index (χ1n) is 7.83. The first-order chi connectivity index (χ1) is 11.2. The molecule has 1 heterocycles. The molecule has 5 nitrogen and oxygen atoms in total. The number of benzene rings is 1. The van der Waals surface area contributed by atoms with Gasteiger partial charge in [-0.05, 0) is 31.0 Å². The number of aryl methyl sites for hydroxylation is 2. The molecule has 0 spiro atoms. The van der Waals surface area contributed by atoms with Gasteiger partial charge in [0, 0.05) is 23.5 Å². The fourth-order valence-corrected chi connectivity index (χ4v) is 2.19. The van der Waals surface area contributed by atoms with Crippen LogP contribution in [0.1, 0.15) is 42.3 Å². The van der Waals surface area contributed by atoms with Crippen molar-refractivity contribution in [1.82, 2.24) is 4.98 Å². The zero-order valence-electron chi connectivity index (χ0n) is 14.7. The van der Waals surface area contributed by atoms with Crippen LogP contribution in [0.5, 0.6) is 0 Å². The average Bonchev–Trinajstić information content (AvgIpc) is 2.50. The first kappa shape index (κ1) is 17.7. The molecule has 0 aliphatic heterocycles. The molecular weight excluding hydrogens is 302 g/mol. The number of rotatable bonds is 3. The van der Waals surface area contributed by atoms with Crippen LogP contribution in [0.15, 0.2) is 36.7 Å². The number of para-hydroxylation sites is 1. The summed E-state index contributed by atoms with van der Waals surface area (Å²) in [5.74, 6) is -0.459. The molecule has 0 aliphatic carbocycles. The van der Waals surface area contributed by atoms with Gasteiger partial charge in [0.25, 0.3) is 5.91 Å². The minimum absolute atomic E-state index is 0.158. The number of hydrogen-bond acceptors (Lipinski definition) is 3. The monoisotopic (exact) mass is 325 g/mol. The van der Waals surface area contributed by atoms with Crippen molar-refractivity contribution in [2.45, 2.75) is 34.6 Å². The smallest absolute Gasteiger partial charge is 0.259 e. The molecule has 0 bridgehead atoms. The van der Waals surface area contributed by atoms with Crippen LogP contribution in [-0.2, 0) is 4.79 Å². The van der Waals surface area contributed by atoms with Crippen LogP contribution in [0.2, 0.25) is 0 Å². The van der Waals surface area contributed by atoms with E-state index < -0.39 is 5.41 Å². The molecule has 0 fully saturated rings. The molecule has 5 heteroatoms. The van der Waals surface area contributed by atoms with E-state index in [1.54, 1.807) is 12.3 Å². The van der Waals surface area contributed by atoms with Crippen LogP contribution in [0.25, 0.3) is 0 Å². The van der Waals surface area contributed by atoms with Crippen LogP contribution < -0.4 is 10.6 Å². The van der Waals surface area contributed by atoms with Crippen LogP contribution in [0.3, 0.4) is 0 Å². The maximum absolute atomic E-state index is 12.7. The highest BCUT2D eigenvalue weighted by atomic mass is 16.2. The Kier molecular flexibility index (Phi) is 5.02. The minimum Gasteiger partial charge on any atom is -0.325 e. The summed E-state index contributed by atoms with van der Waals surface area (Å²) in [6.07, 6.45) is 3.01. The predicted molar refractivity (Wildman–Crippen MR) is 96.2 cm³/mol. The van der Waals surface area contributed by atoms with Gasteiger partial charge in [0.2, 0.25) is 5.91 Å². The molecule has 0 atom stereocenters. The molecule has 0 unspecified atom stereocenters. The lowest BCUT2D eigenvalue weighted by Crippen LogP contribution is -2.29. The van der Waals surface area contributed by atoms with E-state index in [4.69, 9.17) is 0 Å². The largest absolute Gasteiger partial charge is 0.325 e. The van der Waals surface area contributed by atoms with Gasteiger partial charge >= 0.3 is 0 Å². The van der Waals surface area contributed by atoms with Crippen molar-refractivity contribution >= 4 is 23.2 Å². The number of nitrogens with zero attached hydrogens (tertiary/aromatic N) is 1. The highest BCUT2D eigenvalue weighted by Gasteiger charge is 2.23. The Morgan fingerprint density at radius 3 is 2.21 bits per heavy atom. The average molecular weight is 325 g/mol. The standard InChI is InChI=1S/C19H23N3O2/c1-12-7-6-8-13(2)16(12)22-17(23)14-11-20-10-9-15(14)21-18(24)19(3,4)5/h6-11H,1-5H3,(H,22,23)(H,20,21,24). The summed E-state index contributed by atoms with van der Waals surface area (Å²) in [4.78, 5) is 28.9. The summed E-state index contributed by atoms with van der Waals surface area (Å²) >= 11 is 0. The number of nitrogens with one attached hydrogen (secondary N) is 2. The quantitative estimate of drug-likeness (QED) is 0.898. The third-order valence-electron chi connectivity index (χ3n) is 3.71. The van der Waals surface area contributed by atoms with Crippen molar-refractivity contribution in [3.05, 3.63) is 53.3 Å². The number of carbonyl (C=O) groups excluding carboxylic acids is 2. The molecule has 2 amide bonds. The Morgan fingerprint density at radius 2 is 1.62 bits per heavy atom. The van der Waals surface area contributed by atoms with Gasteiger partial charge in [-0.1, -0.05) is 39.0 Å². The van der Waals surface area contributed by atoms with Crippen LogP contribution in [0.4, 0.5) is 11.4 Å². The van der Waals surface area contributed by atoms with Crippen molar-refractivity contribution in [1.29, 1.82) is 0 Å². The molecule has 0 radical (unpaired) electrons. The molecule has 1 aromatic heterocycles. The van der Waals surface area contributed by atoms with Gasteiger partial charge in [-0.25, -0.2) is 0 Å². The second-order valence-electron chi connectivity index (χ2n) is 6.85. The highest BCUT2D eigenvalue weighted by molar-refractivity contribution is 6.10. The summed E-state index contributed by atoms with van der Waals surface area (Å²) in [5, 5.41) is 5.72. The number of carbonyl (C=O) groups is 2. The molecule has 1 aromatic carbocycles. The molecule has 2 aromatic rings. The summed E-state index contributed by atoms with van der Waals surface area (Å²) in [6, 6.07) is 7.45. The fourth-order valence-electron chi connectivity index (χ4n) is 2.19. The van der Waals surface area contributed by atoms with Crippen LogP contribution in [0, 0.1) is 19.3 Å². The Morgan fingerprint density at radius 1 is 1.00 bits per heavy atom. The Hall–Kier alpha value is -2.69. The van der Waals surface area contributed by atoms with Gasteiger partial charge in [0.15, 0.2) is 0 Å². The van der Waals surface area contributed by atoms with Crippen molar-refractivity contribution in [2.75, 3.05) is 10.6 Å². The van der Waals surface area contributed by atoms with Crippen molar-refractivity contribution in [3.8, 4) is 0 Å². The Labute approximate surface area is 142 Å². The summed E-state index contributed by atoms with van der Waals surface area (Å²) in [6.45, 7) is 9.34. The maximum atomic E-state index is 12.7. The van der Waals surface area contributed by atoms with Gasteiger partial charge < -0.3 is 10.6 Å². The number of anilines is 2. The van der Waals surface area contributed by atoms with E-state index in [0.29, 0.717) is 11.3 Å². The molecule has 24 heavy (non-hydrogen) atoms. The Balaban J connectivity index is 2.29. The predicted octanol–water partition coefficient (Wildman–Crippen LogP) is 3.94. The van der Waals surface area contributed by atoms with E-state index in [9.17, 15) is 9.59 Å². The number of amides is 2. The van der Waals surface area contributed by atoms with Gasteiger partial charge in [-0.3, -0.25) is 14.6 Å². The molecule has 2 rings (SSSR count). The third-order valence-corrected chi connectivity index (χ3v) is 3.71. The van der Waals surface area contributed by atoms with Crippen molar-refractivity contribution < 1.29 is 9.59 Å². The summed E-state index contributed by atoms with van der Waals surface area (Å²) in [7, 11) is 0. The molecular formula is C19H23N3O2. The summed E-state index contributed by atoms with van der Waals surface area (Å²) < 4.78 is 0. The van der Waals surface area contributed by atoms with Gasteiger partial charge in [-0.15, -0.1) is 0 Å². The van der Waals surface area contributed by atoms with E-state index in [1.807, 2.05) is 52.8 Å². The number of pyridine rings is 1. The van der Waals surface area contributed by atoms with Gasteiger partial charge in [-0.2, -0.15) is 0 Å². The second-order valence-corrected chi connectivity index (χ2v) is 6.85. The lowest BCUT2D eigenvalue weighted by atomic mass is 9.95. The Bertz CT molecular complexity index is 756.